The van der Waals surface area contributed by atoms with Crippen LogP contribution in [0.5, 0.6) is 0 Å². The van der Waals surface area contributed by atoms with Crippen LogP contribution in [0.3, 0.4) is 0 Å². The molecule has 3 nitrogen and oxygen atoms in total. The maximum atomic E-state index is 6.03. The van der Waals surface area contributed by atoms with Crippen molar-refractivity contribution in [1.29, 1.82) is 0 Å². The molecular formula is C17H22N2O. The summed E-state index contributed by atoms with van der Waals surface area (Å²) in [6, 6.07) is 10.6. The van der Waals surface area contributed by atoms with E-state index in [2.05, 4.69) is 28.9 Å². The molecule has 0 bridgehead atoms. The van der Waals surface area contributed by atoms with E-state index in [4.69, 9.17) is 4.42 Å². The van der Waals surface area contributed by atoms with Crippen molar-refractivity contribution in [3.63, 3.8) is 0 Å². The molecule has 106 valence electrons. The first-order chi connectivity index (χ1) is 9.88. The lowest BCUT2D eigenvalue weighted by molar-refractivity contribution is 0.126. The Balaban J connectivity index is 1.81. The Kier molecular flexibility index (Phi) is 4.16. The fourth-order valence-electron chi connectivity index (χ4n) is 3.00. The fourth-order valence-corrected chi connectivity index (χ4v) is 3.00. The van der Waals surface area contributed by atoms with Gasteiger partial charge in [-0.15, -0.1) is 0 Å². The predicted molar refractivity (Wildman–Crippen MR) is 80.4 cm³/mol. The topological polar surface area (TPSA) is 29.3 Å². The number of benzene rings is 1. The molecule has 1 saturated heterocycles. The van der Waals surface area contributed by atoms with Crippen molar-refractivity contribution >= 4 is 0 Å². The minimum atomic E-state index is 0.362. The molecule has 3 heteroatoms. The lowest BCUT2D eigenvalue weighted by Gasteiger charge is -2.33. The summed E-state index contributed by atoms with van der Waals surface area (Å²) in [4.78, 5) is 7.06. The van der Waals surface area contributed by atoms with Crippen molar-refractivity contribution < 1.29 is 4.42 Å². The van der Waals surface area contributed by atoms with Crippen LogP contribution >= 0.6 is 0 Å². The Morgan fingerprint density at radius 3 is 2.90 bits per heavy atom. The lowest BCUT2D eigenvalue weighted by atomic mass is 10.0. The molecule has 0 radical (unpaired) electrons. The van der Waals surface area contributed by atoms with E-state index in [0.717, 1.165) is 30.2 Å². The molecule has 3 rings (SSSR count). The molecule has 1 aromatic heterocycles. The van der Waals surface area contributed by atoms with Gasteiger partial charge < -0.3 is 4.42 Å². The number of hydrogen-bond donors (Lipinski definition) is 0. The quantitative estimate of drug-likeness (QED) is 0.830. The highest BCUT2D eigenvalue weighted by Gasteiger charge is 2.27. The van der Waals surface area contributed by atoms with Gasteiger partial charge in [-0.05, 0) is 32.4 Å². The van der Waals surface area contributed by atoms with Gasteiger partial charge in [0.25, 0.3) is 0 Å². The predicted octanol–water partition coefficient (Wildman–Crippen LogP) is 4.28. The second-order valence-electron chi connectivity index (χ2n) is 5.48. The molecule has 1 atom stereocenters. The fraction of sp³-hybridized carbons (Fsp3) is 0.471. The minimum Gasteiger partial charge on any atom is -0.439 e. The van der Waals surface area contributed by atoms with Gasteiger partial charge in [0.1, 0.15) is 0 Å². The normalized spacial score (nSPS) is 20.1. The Hall–Kier alpha value is -1.61. The molecule has 0 N–H and O–H groups in total. The zero-order chi connectivity index (χ0) is 13.8. The van der Waals surface area contributed by atoms with Crippen LogP contribution in [0.2, 0.25) is 0 Å². The molecule has 1 aromatic carbocycles. The third kappa shape index (κ3) is 2.78. The van der Waals surface area contributed by atoms with Gasteiger partial charge >= 0.3 is 0 Å². The van der Waals surface area contributed by atoms with Gasteiger partial charge in [0.15, 0.2) is 5.76 Å². The Morgan fingerprint density at radius 2 is 2.10 bits per heavy atom. The molecule has 0 amide bonds. The lowest BCUT2D eigenvalue weighted by Crippen LogP contribution is -2.34. The van der Waals surface area contributed by atoms with Crippen molar-refractivity contribution in [2.45, 2.75) is 38.6 Å². The van der Waals surface area contributed by atoms with Crippen molar-refractivity contribution in [2.24, 2.45) is 0 Å². The maximum absolute atomic E-state index is 6.03. The van der Waals surface area contributed by atoms with Crippen molar-refractivity contribution in [1.82, 2.24) is 9.88 Å². The average molecular weight is 270 g/mol. The van der Waals surface area contributed by atoms with Gasteiger partial charge in [0.05, 0.1) is 12.2 Å². The largest absolute Gasteiger partial charge is 0.439 e. The van der Waals surface area contributed by atoms with E-state index < -0.39 is 0 Å². The minimum absolute atomic E-state index is 0.362. The zero-order valence-corrected chi connectivity index (χ0v) is 12.1. The number of piperidine rings is 1. The number of rotatable bonds is 4. The molecule has 1 aliphatic heterocycles. The highest BCUT2D eigenvalue weighted by molar-refractivity contribution is 5.55. The zero-order valence-electron chi connectivity index (χ0n) is 12.1. The molecule has 1 fully saturated rings. The Morgan fingerprint density at radius 1 is 1.25 bits per heavy atom. The molecule has 20 heavy (non-hydrogen) atoms. The van der Waals surface area contributed by atoms with E-state index in [1.807, 2.05) is 24.4 Å². The highest BCUT2D eigenvalue weighted by Crippen LogP contribution is 2.32. The summed E-state index contributed by atoms with van der Waals surface area (Å²) in [6.45, 7) is 4.53. The monoisotopic (exact) mass is 270 g/mol. The Labute approximate surface area is 120 Å². The third-order valence-electron chi connectivity index (χ3n) is 3.99. The van der Waals surface area contributed by atoms with Gasteiger partial charge in [0.2, 0.25) is 5.89 Å². The van der Waals surface area contributed by atoms with Crippen LogP contribution in [0.1, 0.15) is 44.5 Å². The Bertz CT molecular complexity index is 533. The van der Waals surface area contributed by atoms with E-state index in [1.165, 1.54) is 25.8 Å². The maximum Gasteiger partial charge on any atom is 0.212 e. The van der Waals surface area contributed by atoms with Crippen LogP contribution in [0, 0.1) is 0 Å². The molecule has 0 aliphatic carbocycles. The molecular weight excluding hydrogens is 248 g/mol. The van der Waals surface area contributed by atoms with Crippen LogP contribution in [-0.4, -0.2) is 23.0 Å². The SMILES string of the molecule is CCCN1CCCCC1c1ncc(-c2ccccc2)o1. The number of likely N-dealkylation sites (tertiary alicyclic amines) is 1. The smallest absolute Gasteiger partial charge is 0.212 e. The van der Waals surface area contributed by atoms with Crippen LogP contribution in [0.15, 0.2) is 40.9 Å². The summed E-state index contributed by atoms with van der Waals surface area (Å²) in [5.41, 5.74) is 1.10. The van der Waals surface area contributed by atoms with Crippen LogP contribution in [0.4, 0.5) is 0 Å². The first-order valence-corrected chi connectivity index (χ1v) is 7.63. The first kappa shape index (κ1) is 13.4. The van der Waals surface area contributed by atoms with Crippen LogP contribution < -0.4 is 0 Å². The van der Waals surface area contributed by atoms with E-state index in [1.54, 1.807) is 0 Å². The van der Waals surface area contributed by atoms with Crippen molar-refractivity contribution in [3.05, 3.63) is 42.4 Å². The number of aromatic nitrogens is 1. The van der Waals surface area contributed by atoms with Gasteiger partial charge in [-0.1, -0.05) is 43.7 Å². The van der Waals surface area contributed by atoms with Crippen LogP contribution in [-0.2, 0) is 0 Å². The summed E-state index contributed by atoms with van der Waals surface area (Å²) in [5, 5.41) is 0. The summed E-state index contributed by atoms with van der Waals surface area (Å²) in [7, 11) is 0. The summed E-state index contributed by atoms with van der Waals surface area (Å²) >= 11 is 0. The number of nitrogens with zero attached hydrogens (tertiary/aromatic N) is 2. The number of hydrogen-bond acceptors (Lipinski definition) is 3. The van der Waals surface area contributed by atoms with Gasteiger partial charge in [-0.2, -0.15) is 0 Å². The average Bonchev–Trinajstić information content (AvgIpc) is 2.99. The summed E-state index contributed by atoms with van der Waals surface area (Å²) in [5.74, 6) is 1.76. The molecule has 0 saturated carbocycles. The molecule has 0 spiro atoms. The molecule has 1 aliphatic rings. The number of oxazole rings is 1. The van der Waals surface area contributed by atoms with E-state index in [0.29, 0.717) is 6.04 Å². The van der Waals surface area contributed by atoms with Gasteiger partial charge in [0, 0.05) is 5.56 Å². The summed E-state index contributed by atoms with van der Waals surface area (Å²) < 4.78 is 6.03. The van der Waals surface area contributed by atoms with E-state index in [-0.39, 0.29) is 0 Å². The van der Waals surface area contributed by atoms with Crippen LogP contribution in [0.25, 0.3) is 11.3 Å². The molecule has 2 heterocycles. The highest BCUT2D eigenvalue weighted by atomic mass is 16.4. The van der Waals surface area contributed by atoms with Crippen molar-refractivity contribution in [2.75, 3.05) is 13.1 Å². The molecule has 2 aromatic rings. The van der Waals surface area contributed by atoms with Gasteiger partial charge in [-0.25, -0.2) is 4.98 Å². The standard InChI is InChI=1S/C17H22N2O/c1-2-11-19-12-7-6-10-15(19)17-18-13-16(20-17)14-8-4-3-5-9-14/h3-5,8-9,13,15H,2,6-7,10-12H2,1H3. The van der Waals surface area contributed by atoms with Crippen molar-refractivity contribution in [3.8, 4) is 11.3 Å². The van der Waals surface area contributed by atoms with Gasteiger partial charge in [-0.3, -0.25) is 4.90 Å². The second-order valence-corrected chi connectivity index (χ2v) is 5.48. The molecule has 1 unspecified atom stereocenters. The third-order valence-corrected chi connectivity index (χ3v) is 3.99. The first-order valence-electron chi connectivity index (χ1n) is 7.63. The summed E-state index contributed by atoms with van der Waals surface area (Å²) in [6.07, 6.45) is 6.78. The van der Waals surface area contributed by atoms with E-state index in [9.17, 15) is 0 Å². The second kappa shape index (κ2) is 6.23. The van der Waals surface area contributed by atoms with E-state index >= 15 is 0 Å².